The summed E-state index contributed by atoms with van der Waals surface area (Å²) >= 11 is 0. The molecule has 1 aromatic heterocycles. The van der Waals surface area contributed by atoms with Gasteiger partial charge in [-0.25, -0.2) is 0 Å². The van der Waals surface area contributed by atoms with Crippen molar-refractivity contribution in [3.05, 3.63) is 30.1 Å². The number of pyridine rings is 1. The molecule has 16 heavy (non-hydrogen) atoms. The van der Waals surface area contributed by atoms with Gasteiger partial charge in [0.1, 0.15) is 0 Å². The second kappa shape index (κ2) is 8.25. The molecule has 0 aromatic carbocycles. The van der Waals surface area contributed by atoms with Crippen LogP contribution in [0.1, 0.15) is 18.5 Å². The third-order valence-corrected chi connectivity index (χ3v) is 2.49. The van der Waals surface area contributed by atoms with Crippen LogP contribution in [0.2, 0.25) is 0 Å². The largest absolute Gasteiger partial charge is 0.316 e. The topological polar surface area (TPSA) is 28.2 Å². The second-order valence-electron chi connectivity index (χ2n) is 4.33. The Kier molecular flexibility index (Phi) is 6.77. The fraction of sp³-hybridized carbons (Fsp3) is 0.615. The van der Waals surface area contributed by atoms with Crippen LogP contribution in [-0.4, -0.2) is 43.6 Å². The van der Waals surface area contributed by atoms with Gasteiger partial charge in [0, 0.05) is 24.9 Å². The first-order chi connectivity index (χ1) is 7.79. The SMILES string of the molecule is CN(C)CCCCNCCc1ccccn1. The van der Waals surface area contributed by atoms with Crippen LogP contribution in [0.4, 0.5) is 0 Å². The van der Waals surface area contributed by atoms with E-state index in [-0.39, 0.29) is 0 Å². The molecular formula is C13H23N3. The first kappa shape index (κ1) is 13.1. The average molecular weight is 221 g/mol. The number of nitrogens with one attached hydrogen (secondary N) is 1. The Balaban J connectivity index is 1.93. The van der Waals surface area contributed by atoms with E-state index in [2.05, 4.69) is 35.4 Å². The Bertz CT molecular complexity index is 259. The molecule has 0 amide bonds. The molecule has 0 aliphatic heterocycles. The Morgan fingerprint density at radius 2 is 2.06 bits per heavy atom. The highest BCUT2D eigenvalue weighted by atomic mass is 15.0. The summed E-state index contributed by atoms with van der Waals surface area (Å²) < 4.78 is 0. The zero-order chi connectivity index (χ0) is 11.6. The van der Waals surface area contributed by atoms with Gasteiger partial charge < -0.3 is 10.2 Å². The standard InChI is InChI=1S/C13H23N3/c1-16(2)12-6-5-9-14-11-8-13-7-3-4-10-15-13/h3-4,7,10,14H,5-6,8-9,11-12H2,1-2H3. The van der Waals surface area contributed by atoms with E-state index in [9.17, 15) is 0 Å². The number of nitrogens with zero attached hydrogens (tertiary/aromatic N) is 2. The number of rotatable bonds is 8. The van der Waals surface area contributed by atoms with Crippen LogP contribution in [0.25, 0.3) is 0 Å². The minimum atomic E-state index is 1.02. The molecule has 0 radical (unpaired) electrons. The molecule has 0 saturated carbocycles. The van der Waals surface area contributed by atoms with Gasteiger partial charge in [0.2, 0.25) is 0 Å². The summed E-state index contributed by atoms with van der Waals surface area (Å²) in [6.45, 7) is 3.32. The van der Waals surface area contributed by atoms with Crippen molar-refractivity contribution in [2.75, 3.05) is 33.7 Å². The highest BCUT2D eigenvalue weighted by Gasteiger charge is 1.93. The van der Waals surface area contributed by atoms with E-state index in [0.717, 1.165) is 19.5 Å². The lowest BCUT2D eigenvalue weighted by Crippen LogP contribution is -2.20. The predicted molar refractivity (Wildman–Crippen MR) is 68.6 cm³/mol. The van der Waals surface area contributed by atoms with Crippen LogP contribution in [0.15, 0.2) is 24.4 Å². The van der Waals surface area contributed by atoms with Crippen molar-refractivity contribution < 1.29 is 0 Å². The molecular weight excluding hydrogens is 198 g/mol. The molecule has 1 aromatic rings. The van der Waals surface area contributed by atoms with Crippen LogP contribution >= 0.6 is 0 Å². The maximum atomic E-state index is 4.29. The summed E-state index contributed by atoms with van der Waals surface area (Å²) in [7, 11) is 4.24. The molecule has 0 aliphatic rings. The molecule has 0 bridgehead atoms. The van der Waals surface area contributed by atoms with Crippen LogP contribution in [0.5, 0.6) is 0 Å². The first-order valence-electron chi connectivity index (χ1n) is 6.04. The van der Waals surface area contributed by atoms with Gasteiger partial charge in [-0.2, -0.15) is 0 Å². The molecule has 1 N–H and O–H groups in total. The van der Waals surface area contributed by atoms with Gasteiger partial charge in [0.15, 0.2) is 0 Å². The van der Waals surface area contributed by atoms with E-state index in [0.29, 0.717) is 0 Å². The lowest BCUT2D eigenvalue weighted by atomic mass is 10.2. The van der Waals surface area contributed by atoms with Gasteiger partial charge in [0.25, 0.3) is 0 Å². The summed E-state index contributed by atoms with van der Waals surface area (Å²) in [6, 6.07) is 6.07. The van der Waals surface area contributed by atoms with Crippen molar-refractivity contribution in [3.8, 4) is 0 Å². The molecule has 3 nitrogen and oxygen atoms in total. The van der Waals surface area contributed by atoms with Gasteiger partial charge in [-0.1, -0.05) is 6.07 Å². The van der Waals surface area contributed by atoms with E-state index < -0.39 is 0 Å². The van der Waals surface area contributed by atoms with Gasteiger partial charge in [-0.05, 0) is 52.2 Å². The predicted octanol–water partition coefficient (Wildman–Crippen LogP) is 1.56. The van der Waals surface area contributed by atoms with Crippen molar-refractivity contribution in [2.45, 2.75) is 19.3 Å². The highest BCUT2D eigenvalue weighted by molar-refractivity contribution is 5.03. The van der Waals surface area contributed by atoms with Crippen LogP contribution in [-0.2, 0) is 6.42 Å². The number of aromatic nitrogens is 1. The minimum absolute atomic E-state index is 1.02. The first-order valence-corrected chi connectivity index (χ1v) is 6.04. The Labute approximate surface area is 98.9 Å². The van der Waals surface area contributed by atoms with Gasteiger partial charge in [-0.3, -0.25) is 4.98 Å². The van der Waals surface area contributed by atoms with Crippen molar-refractivity contribution in [1.82, 2.24) is 15.2 Å². The molecule has 0 spiro atoms. The third kappa shape index (κ3) is 6.53. The van der Waals surface area contributed by atoms with Crippen LogP contribution in [0, 0.1) is 0 Å². The molecule has 3 heteroatoms. The maximum absolute atomic E-state index is 4.29. The van der Waals surface area contributed by atoms with Crippen LogP contribution < -0.4 is 5.32 Å². The van der Waals surface area contributed by atoms with Crippen LogP contribution in [0.3, 0.4) is 0 Å². The fourth-order valence-electron chi connectivity index (χ4n) is 1.57. The summed E-state index contributed by atoms with van der Waals surface area (Å²) in [5.74, 6) is 0. The van der Waals surface area contributed by atoms with Crippen molar-refractivity contribution >= 4 is 0 Å². The van der Waals surface area contributed by atoms with Gasteiger partial charge in [-0.15, -0.1) is 0 Å². The average Bonchev–Trinajstić information content (AvgIpc) is 2.29. The van der Waals surface area contributed by atoms with E-state index in [1.165, 1.54) is 25.1 Å². The van der Waals surface area contributed by atoms with E-state index in [1.807, 2.05) is 18.3 Å². The number of hydrogen-bond acceptors (Lipinski definition) is 3. The smallest absolute Gasteiger partial charge is 0.0416 e. The van der Waals surface area contributed by atoms with E-state index in [1.54, 1.807) is 0 Å². The van der Waals surface area contributed by atoms with Crippen molar-refractivity contribution in [3.63, 3.8) is 0 Å². The summed E-state index contributed by atoms with van der Waals surface area (Å²) in [6.07, 6.45) is 5.39. The molecule has 1 heterocycles. The molecule has 0 saturated heterocycles. The minimum Gasteiger partial charge on any atom is -0.316 e. The van der Waals surface area contributed by atoms with Crippen molar-refractivity contribution in [1.29, 1.82) is 0 Å². The molecule has 1 rings (SSSR count). The summed E-state index contributed by atoms with van der Waals surface area (Å²) in [5, 5.41) is 3.45. The molecule has 90 valence electrons. The van der Waals surface area contributed by atoms with E-state index in [4.69, 9.17) is 0 Å². The molecule has 0 atom stereocenters. The number of hydrogen-bond donors (Lipinski definition) is 1. The van der Waals surface area contributed by atoms with Gasteiger partial charge in [0.05, 0.1) is 0 Å². The third-order valence-electron chi connectivity index (χ3n) is 2.49. The lowest BCUT2D eigenvalue weighted by Gasteiger charge is -2.09. The second-order valence-corrected chi connectivity index (χ2v) is 4.33. The highest BCUT2D eigenvalue weighted by Crippen LogP contribution is 1.93. The quantitative estimate of drug-likeness (QED) is 0.675. The number of unbranched alkanes of at least 4 members (excludes halogenated alkanes) is 1. The molecule has 0 aliphatic carbocycles. The summed E-state index contributed by atoms with van der Waals surface area (Å²) in [4.78, 5) is 6.52. The zero-order valence-electron chi connectivity index (χ0n) is 10.4. The lowest BCUT2D eigenvalue weighted by molar-refractivity contribution is 0.392. The monoisotopic (exact) mass is 221 g/mol. The molecule has 0 unspecified atom stereocenters. The van der Waals surface area contributed by atoms with Crippen molar-refractivity contribution in [2.24, 2.45) is 0 Å². The maximum Gasteiger partial charge on any atom is 0.0416 e. The zero-order valence-corrected chi connectivity index (χ0v) is 10.4. The normalized spacial score (nSPS) is 10.9. The fourth-order valence-corrected chi connectivity index (χ4v) is 1.57. The van der Waals surface area contributed by atoms with Gasteiger partial charge >= 0.3 is 0 Å². The Morgan fingerprint density at radius 3 is 2.75 bits per heavy atom. The molecule has 0 fully saturated rings. The Morgan fingerprint density at radius 1 is 1.19 bits per heavy atom. The Hall–Kier alpha value is -0.930. The summed E-state index contributed by atoms with van der Waals surface area (Å²) in [5.41, 5.74) is 1.17. The van der Waals surface area contributed by atoms with E-state index >= 15 is 0 Å².